The first kappa shape index (κ1) is 23.2. The SMILES string of the molecule is [B][C@@H]1O[C@H](C(C)C)[C@H](O[P+](=O)OCC[C@H]2O[C@@H](C)C(C)[C@H]2OC(C)C)C1C. The van der Waals surface area contributed by atoms with Crippen LogP contribution in [0.4, 0.5) is 0 Å². The van der Waals surface area contributed by atoms with Crippen LogP contribution in [0, 0.1) is 17.8 Å². The molecular weight excluding hydrogens is 366 g/mol. The number of hydrogen-bond donors (Lipinski definition) is 0. The molecule has 0 saturated carbocycles. The van der Waals surface area contributed by atoms with Crippen molar-refractivity contribution in [1.29, 1.82) is 0 Å². The van der Waals surface area contributed by atoms with Crippen LogP contribution in [0.15, 0.2) is 0 Å². The van der Waals surface area contributed by atoms with Crippen LogP contribution in [0.25, 0.3) is 0 Å². The molecular formula is C19H35BO6P+. The lowest BCUT2D eigenvalue weighted by Gasteiger charge is -2.23. The van der Waals surface area contributed by atoms with Gasteiger partial charge in [0.05, 0.1) is 30.5 Å². The van der Waals surface area contributed by atoms with Crippen LogP contribution in [0.2, 0.25) is 0 Å². The Morgan fingerprint density at radius 1 is 1.04 bits per heavy atom. The van der Waals surface area contributed by atoms with E-state index in [1.54, 1.807) is 0 Å². The van der Waals surface area contributed by atoms with E-state index in [1.807, 2.05) is 34.6 Å². The average molecular weight is 401 g/mol. The summed E-state index contributed by atoms with van der Waals surface area (Å²) in [5, 5.41) is 0. The van der Waals surface area contributed by atoms with E-state index >= 15 is 0 Å². The second kappa shape index (κ2) is 10.1. The van der Waals surface area contributed by atoms with Gasteiger partial charge in [-0.3, -0.25) is 0 Å². The van der Waals surface area contributed by atoms with Gasteiger partial charge in [0, 0.05) is 28.8 Å². The number of hydrogen-bond acceptors (Lipinski definition) is 6. The molecule has 27 heavy (non-hydrogen) atoms. The Bertz CT molecular complexity index is 491. The zero-order valence-electron chi connectivity index (χ0n) is 17.7. The molecule has 0 aromatic carbocycles. The van der Waals surface area contributed by atoms with Crippen LogP contribution in [-0.2, 0) is 27.8 Å². The van der Waals surface area contributed by atoms with E-state index in [2.05, 4.69) is 13.8 Å². The third kappa shape index (κ3) is 5.97. The molecule has 0 N–H and O–H groups in total. The maximum absolute atomic E-state index is 12.3. The highest BCUT2D eigenvalue weighted by atomic mass is 31.1. The van der Waals surface area contributed by atoms with Crippen molar-refractivity contribution in [3.05, 3.63) is 0 Å². The Morgan fingerprint density at radius 3 is 2.30 bits per heavy atom. The van der Waals surface area contributed by atoms with Gasteiger partial charge in [-0.05, 0) is 26.7 Å². The Labute approximate surface area is 166 Å². The molecule has 0 aromatic rings. The van der Waals surface area contributed by atoms with Crippen molar-refractivity contribution in [2.45, 2.75) is 97.5 Å². The zero-order chi connectivity index (χ0) is 20.3. The summed E-state index contributed by atoms with van der Waals surface area (Å²) >= 11 is 0. The second-order valence-electron chi connectivity index (χ2n) is 8.47. The average Bonchev–Trinajstić information content (AvgIpc) is 3.00. The van der Waals surface area contributed by atoms with Crippen molar-refractivity contribution in [2.75, 3.05) is 6.61 Å². The van der Waals surface area contributed by atoms with E-state index in [1.165, 1.54) is 0 Å². The van der Waals surface area contributed by atoms with Crippen molar-refractivity contribution < 1.29 is 27.8 Å². The van der Waals surface area contributed by atoms with Crippen LogP contribution in [0.5, 0.6) is 0 Å². The molecule has 2 rings (SSSR count). The molecule has 2 fully saturated rings. The Morgan fingerprint density at radius 2 is 1.70 bits per heavy atom. The maximum Gasteiger partial charge on any atom is 0.697 e. The smallest absolute Gasteiger partial charge is 0.381 e. The summed E-state index contributed by atoms with van der Waals surface area (Å²) in [5.74, 6) is 0.494. The fourth-order valence-electron chi connectivity index (χ4n) is 3.78. The molecule has 8 heteroatoms. The van der Waals surface area contributed by atoms with Gasteiger partial charge < -0.3 is 14.2 Å². The van der Waals surface area contributed by atoms with Gasteiger partial charge in [-0.25, -0.2) is 0 Å². The molecule has 2 radical (unpaired) electrons. The van der Waals surface area contributed by atoms with Gasteiger partial charge >= 0.3 is 8.25 Å². The van der Waals surface area contributed by atoms with E-state index in [-0.39, 0.29) is 55.1 Å². The Kier molecular flexibility index (Phi) is 8.72. The number of rotatable bonds is 9. The second-order valence-corrected chi connectivity index (χ2v) is 9.39. The lowest BCUT2D eigenvalue weighted by Crippen LogP contribution is -2.32. The quantitative estimate of drug-likeness (QED) is 0.432. The normalized spacial score (nSPS) is 40.3. The third-order valence-electron chi connectivity index (χ3n) is 5.58. The molecule has 0 bridgehead atoms. The molecule has 2 heterocycles. The van der Waals surface area contributed by atoms with Crippen LogP contribution in [0.3, 0.4) is 0 Å². The summed E-state index contributed by atoms with van der Waals surface area (Å²) in [6, 6.07) is -0.408. The van der Waals surface area contributed by atoms with Crippen LogP contribution in [0.1, 0.15) is 54.9 Å². The lowest BCUT2D eigenvalue weighted by atomic mass is 9.85. The molecule has 0 aliphatic carbocycles. The van der Waals surface area contributed by atoms with Gasteiger partial charge in [-0.2, -0.15) is 0 Å². The van der Waals surface area contributed by atoms with E-state index in [0.717, 1.165) is 0 Å². The molecule has 0 spiro atoms. The topological polar surface area (TPSA) is 63.2 Å². The largest absolute Gasteiger partial charge is 0.697 e. The van der Waals surface area contributed by atoms with Crippen molar-refractivity contribution in [3.8, 4) is 0 Å². The minimum Gasteiger partial charge on any atom is -0.381 e. The summed E-state index contributed by atoms with van der Waals surface area (Å²) < 4.78 is 41.2. The molecule has 2 aliphatic heterocycles. The minimum atomic E-state index is -2.24. The van der Waals surface area contributed by atoms with E-state index in [0.29, 0.717) is 12.3 Å². The molecule has 0 amide bonds. The van der Waals surface area contributed by atoms with E-state index < -0.39 is 14.3 Å². The lowest BCUT2D eigenvalue weighted by molar-refractivity contribution is -0.0556. The summed E-state index contributed by atoms with van der Waals surface area (Å²) in [7, 11) is 3.72. The van der Waals surface area contributed by atoms with Gasteiger partial charge in [0.1, 0.15) is 20.6 Å². The van der Waals surface area contributed by atoms with E-state index in [9.17, 15) is 4.57 Å². The molecule has 2 saturated heterocycles. The highest BCUT2D eigenvalue weighted by Crippen LogP contribution is 2.39. The first-order valence-corrected chi connectivity index (χ1v) is 11.2. The van der Waals surface area contributed by atoms with Crippen molar-refractivity contribution in [1.82, 2.24) is 0 Å². The van der Waals surface area contributed by atoms with Crippen molar-refractivity contribution in [3.63, 3.8) is 0 Å². The standard InChI is InChI=1S/C19H35BO6P/c1-10(2)16-18(13(6)19(20)25-16)26-27(21)22-9-8-15-17(23-11(3)4)12(5)14(7)24-15/h10-19H,8-9H2,1-7H3/q+1/t12?,13?,14-,15+,16+,17+,18+,19+/m0/s1. The first-order valence-electron chi connectivity index (χ1n) is 10.1. The molecule has 2 aliphatic rings. The van der Waals surface area contributed by atoms with Gasteiger partial charge in [-0.1, -0.05) is 27.7 Å². The monoisotopic (exact) mass is 401 g/mol. The fraction of sp³-hybridized carbons (Fsp3) is 1.00. The molecule has 154 valence electrons. The van der Waals surface area contributed by atoms with Gasteiger partial charge in [-0.15, -0.1) is 9.05 Å². The Hall–Kier alpha value is -0.0351. The fourth-order valence-corrected chi connectivity index (χ4v) is 4.60. The predicted molar refractivity (Wildman–Crippen MR) is 105 cm³/mol. The summed E-state index contributed by atoms with van der Waals surface area (Å²) in [4.78, 5) is 0. The molecule has 9 atom stereocenters. The predicted octanol–water partition coefficient (Wildman–Crippen LogP) is 3.84. The van der Waals surface area contributed by atoms with Crippen molar-refractivity contribution in [2.24, 2.45) is 17.8 Å². The van der Waals surface area contributed by atoms with Gasteiger partial charge in [0.15, 0.2) is 0 Å². The number of ether oxygens (including phenoxy) is 3. The van der Waals surface area contributed by atoms with Gasteiger partial charge in [0.2, 0.25) is 0 Å². The van der Waals surface area contributed by atoms with Crippen LogP contribution >= 0.6 is 8.25 Å². The van der Waals surface area contributed by atoms with Crippen LogP contribution < -0.4 is 0 Å². The zero-order valence-corrected chi connectivity index (χ0v) is 18.6. The minimum absolute atomic E-state index is 0.0222. The molecule has 3 unspecified atom stereocenters. The van der Waals surface area contributed by atoms with E-state index in [4.69, 9.17) is 31.1 Å². The first-order chi connectivity index (χ1) is 12.6. The molecule has 0 aromatic heterocycles. The van der Waals surface area contributed by atoms with Crippen molar-refractivity contribution >= 4 is 16.1 Å². The maximum atomic E-state index is 12.3. The van der Waals surface area contributed by atoms with Crippen LogP contribution in [-0.4, -0.2) is 57.1 Å². The summed E-state index contributed by atoms with van der Waals surface area (Å²) in [6.07, 6.45) is 0.328. The summed E-state index contributed by atoms with van der Waals surface area (Å²) in [5.41, 5.74) is 0. The van der Waals surface area contributed by atoms with Gasteiger partial charge in [0.25, 0.3) is 0 Å². The highest BCUT2D eigenvalue weighted by molar-refractivity contribution is 7.33. The Balaban J connectivity index is 1.81. The third-order valence-corrected chi connectivity index (χ3v) is 6.39. The molecule has 6 nitrogen and oxygen atoms in total. The highest BCUT2D eigenvalue weighted by Gasteiger charge is 2.47. The summed E-state index contributed by atoms with van der Waals surface area (Å²) in [6.45, 7) is 14.6.